The number of hydrogen-bond donors (Lipinski definition) is 1. The minimum atomic E-state index is -4.57. The number of anilines is 1. The Balaban J connectivity index is 2.29. The predicted octanol–water partition coefficient (Wildman–Crippen LogP) is 4.37. The van der Waals surface area contributed by atoms with Gasteiger partial charge in [0.1, 0.15) is 6.04 Å². The fraction of sp³-hybridized carbons (Fsp3) is 0.200. The van der Waals surface area contributed by atoms with E-state index in [2.05, 4.69) is 5.32 Å². The summed E-state index contributed by atoms with van der Waals surface area (Å²) in [5.41, 5.74) is -1.62. The second-order valence-corrected chi connectivity index (χ2v) is 5.79. The Kier molecular flexibility index (Phi) is 5.25. The number of pyridine rings is 1. The van der Waals surface area contributed by atoms with Crippen LogP contribution < -0.4 is 10.9 Å². The van der Waals surface area contributed by atoms with Crippen molar-refractivity contribution in [1.29, 1.82) is 0 Å². The van der Waals surface area contributed by atoms with Crippen molar-refractivity contribution < 1.29 is 18.0 Å². The summed E-state index contributed by atoms with van der Waals surface area (Å²) >= 11 is 11.6. The number of nitrogens with zero attached hydrogens (tertiary/aromatic N) is 1. The van der Waals surface area contributed by atoms with Crippen LogP contribution in [0.25, 0.3) is 0 Å². The second kappa shape index (κ2) is 6.86. The van der Waals surface area contributed by atoms with E-state index in [9.17, 15) is 22.8 Å². The van der Waals surface area contributed by atoms with Gasteiger partial charge in [0.2, 0.25) is 5.91 Å². The van der Waals surface area contributed by atoms with Gasteiger partial charge in [0.05, 0.1) is 21.3 Å². The largest absolute Gasteiger partial charge is 0.416 e. The summed E-state index contributed by atoms with van der Waals surface area (Å²) in [7, 11) is 0. The first kappa shape index (κ1) is 18.4. The molecule has 0 aliphatic carbocycles. The number of hydrogen-bond acceptors (Lipinski definition) is 2. The van der Waals surface area contributed by atoms with Gasteiger partial charge in [0.15, 0.2) is 0 Å². The first-order chi connectivity index (χ1) is 11.1. The summed E-state index contributed by atoms with van der Waals surface area (Å²) in [6, 6.07) is 4.13. The topological polar surface area (TPSA) is 51.1 Å². The molecule has 0 spiro atoms. The number of alkyl halides is 3. The van der Waals surface area contributed by atoms with Crippen LogP contribution in [0.1, 0.15) is 18.5 Å². The summed E-state index contributed by atoms with van der Waals surface area (Å²) in [4.78, 5) is 24.0. The van der Waals surface area contributed by atoms with Gasteiger partial charge >= 0.3 is 6.18 Å². The van der Waals surface area contributed by atoms with Crippen LogP contribution in [0.15, 0.2) is 41.3 Å². The highest BCUT2D eigenvalue weighted by atomic mass is 35.5. The molecule has 0 bridgehead atoms. The molecule has 0 fully saturated rings. The molecule has 24 heavy (non-hydrogen) atoms. The van der Waals surface area contributed by atoms with Crippen molar-refractivity contribution >= 4 is 34.8 Å². The molecule has 0 aliphatic heterocycles. The Labute approximate surface area is 144 Å². The Morgan fingerprint density at radius 2 is 1.88 bits per heavy atom. The van der Waals surface area contributed by atoms with E-state index in [1.165, 1.54) is 25.3 Å². The lowest BCUT2D eigenvalue weighted by Crippen LogP contribution is -2.31. The Hall–Kier alpha value is -1.99. The number of benzene rings is 1. The molecule has 2 rings (SSSR count). The Morgan fingerprint density at radius 3 is 2.50 bits per heavy atom. The number of aromatic nitrogens is 1. The highest BCUT2D eigenvalue weighted by molar-refractivity contribution is 6.33. The fourth-order valence-electron chi connectivity index (χ4n) is 1.94. The molecule has 1 unspecified atom stereocenters. The molecule has 1 aromatic carbocycles. The van der Waals surface area contributed by atoms with Crippen LogP contribution >= 0.6 is 23.2 Å². The minimum absolute atomic E-state index is 0.0537. The van der Waals surface area contributed by atoms with Crippen LogP contribution in [0, 0.1) is 0 Å². The summed E-state index contributed by atoms with van der Waals surface area (Å²) in [5.74, 6) is -0.708. The highest BCUT2D eigenvalue weighted by Crippen LogP contribution is 2.34. The van der Waals surface area contributed by atoms with E-state index in [0.29, 0.717) is 0 Å². The van der Waals surface area contributed by atoms with Gasteiger partial charge in [-0.25, -0.2) is 0 Å². The molecule has 1 heterocycles. The molecule has 1 aromatic heterocycles. The average Bonchev–Trinajstić information content (AvgIpc) is 2.50. The molecule has 0 saturated carbocycles. The molecule has 0 saturated heterocycles. The standard InChI is InChI=1S/C15H11Cl2F3N2O2/c1-8(22-7-10(16)3-5-13(22)23)14(24)21-12-6-9(15(18,19)20)2-4-11(12)17/h2-8H,1H3,(H,21,24). The van der Waals surface area contributed by atoms with Gasteiger partial charge in [0, 0.05) is 12.3 Å². The maximum atomic E-state index is 12.7. The van der Waals surface area contributed by atoms with Crippen molar-refractivity contribution in [3.8, 4) is 0 Å². The first-order valence-corrected chi connectivity index (χ1v) is 7.40. The molecule has 0 aliphatic rings. The summed E-state index contributed by atoms with van der Waals surface area (Å²) in [6.45, 7) is 1.41. The SMILES string of the molecule is CC(C(=O)Nc1cc(C(F)(F)F)ccc1Cl)n1cc(Cl)ccc1=O. The molecule has 1 N–H and O–H groups in total. The highest BCUT2D eigenvalue weighted by Gasteiger charge is 2.31. The van der Waals surface area contributed by atoms with Crippen LogP contribution in [-0.2, 0) is 11.0 Å². The monoisotopic (exact) mass is 378 g/mol. The van der Waals surface area contributed by atoms with Gasteiger partial charge < -0.3 is 9.88 Å². The van der Waals surface area contributed by atoms with Crippen molar-refractivity contribution in [2.75, 3.05) is 5.32 Å². The van der Waals surface area contributed by atoms with Gasteiger partial charge in [-0.3, -0.25) is 9.59 Å². The predicted molar refractivity (Wildman–Crippen MR) is 85.5 cm³/mol. The maximum Gasteiger partial charge on any atom is 0.416 e. The van der Waals surface area contributed by atoms with Gasteiger partial charge in [-0.1, -0.05) is 23.2 Å². The smallest absolute Gasteiger partial charge is 0.323 e. The molecule has 9 heteroatoms. The van der Waals surface area contributed by atoms with E-state index < -0.39 is 29.2 Å². The van der Waals surface area contributed by atoms with Crippen molar-refractivity contribution in [3.63, 3.8) is 0 Å². The van der Waals surface area contributed by atoms with Crippen LogP contribution in [0.4, 0.5) is 18.9 Å². The Morgan fingerprint density at radius 1 is 1.21 bits per heavy atom. The van der Waals surface area contributed by atoms with Crippen LogP contribution in [-0.4, -0.2) is 10.5 Å². The molecule has 128 valence electrons. The molecule has 2 aromatic rings. The molecule has 4 nitrogen and oxygen atoms in total. The molecular weight excluding hydrogens is 368 g/mol. The number of carbonyl (C=O) groups excluding carboxylic acids is 1. The third-order valence-corrected chi connectivity index (χ3v) is 3.80. The molecular formula is C15H11Cl2F3N2O2. The van der Waals surface area contributed by atoms with E-state index in [1.807, 2.05) is 0 Å². The van der Waals surface area contributed by atoms with Crippen LogP contribution in [0.2, 0.25) is 10.0 Å². The van der Waals surface area contributed by atoms with Gasteiger partial charge in [-0.15, -0.1) is 0 Å². The molecule has 1 atom stereocenters. The normalized spacial score (nSPS) is 12.8. The summed E-state index contributed by atoms with van der Waals surface area (Å²) in [6.07, 6.45) is -3.30. The van der Waals surface area contributed by atoms with E-state index >= 15 is 0 Å². The van der Waals surface area contributed by atoms with E-state index in [1.54, 1.807) is 0 Å². The zero-order valence-corrected chi connectivity index (χ0v) is 13.7. The van der Waals surface area contributed by atoms with E-state index in [0.717, 1.165) is 22.8 Å². The Bertz CT molecular complexity index is 834. The zero-order valence-electron chi connectivity index (χ0n) is 12.2. The number of carbonyl (C=O) groups is 1. The molecule has 1 amide bonds. The lowest BCUT2D eigenvalue weighted by Gasteiger charge is -2.17. The van der Waals surface area contributed by atoms with Crippen LogP contribution in [0.5, 0.6) is 0 Å². The number of nitrogens with one attached hydrogen (secondary N) is 1. The van der Waals surface area contributed by atoms with Gasteiger partial charge in [-0.2, -0.15) is 13.2 Å². The van der Waals surface area contributed by atoms with Crippen molar-refractivity contribution in [3.05, 3.63) is 62.5 Å². The second-order valence-electron chi connectivity index (χ2n) is 4.95. The first-order valence-electron chi connectivity index (χ1n) is 6.65. The van der Waals surface area contributed by atoms with E-state index in [4.69, 9.17) is 23.2 Å². The third kappa shape index (κ3) is 4.10. The molecule has 0 radical (unpaired) electrons. The van der Waals surface area contributed by atoms with Gasteiger partial charge in [0.25, 0.3) is 5.56 Å². The average molecular weight is 379 g/mol. The van der Waals surface area contributed by atoms with Crippen LogP contribution in [0.3, 0.4) is 0 Å². The zero-order chi connectivity index (χ0) is 18.1. The maximum absolute atomic E-state index is 12.7. The third-order valence-electron chi connectivity index (χ3n) is 3.25. The number of amides is 1. The van der Waals surface area contributed by atoms with Crippen molar-refractivity contribution in [2.45, 2.75) is 19.1 Å². The fourth-order valence-corrected chi connectivity index (χ4v) is 2.27. The lowest BCUT2D eigenvalue weighted by molar-refractivity contribution is -0.137. The number of rotatable bonds is 3. The van der Waals surface area contributed by atoms with Crippen molar-refractivity contribution in [2.24, 2.45) is 0 Å². The number of halogens is 5. The minimum Gasteiger partial charge on any atom is -0.323 e. The lowest BCUT2D eigenvalue weighted by atomic mass is 10.2. The summed E-state index contributed by atoms with van der Waals surface area (Å²) < 4.78 is 39.3. The van der Waals surface area contributed by atoms with E-state index in [-0.39, 0.29) is 15.7 Å². The van der Waals surface area contributed by atoms with Gasteiger partial charge in [-0.05, 0) is 31.2 Å². The quantitative estimate of drug-likeness (QED) is 0.861. The summed E-state index contributed by atoms with van der Waals surface area (Å²) in [5, 5.41) is 2.48. The van der Waals surface area contributed by atoms with Crippen molar-refractivity contribution in [1.82, 2.24) is 4.57 Å².